The largest absolute Gasteiger partial charge is 0.352 e. The van der Waals surface area contributed by atoms with E-state index in [1.165, 1.54) is 17.0 Å². The third kappa shape index (κ3) is 8.78. The van der Waals surface area contributed by atoms with E-state index in [0.29, 0.717) is 5.02 Å². The van der Waals surface area contributed by atoms with E-state index in [1.807, 2.05) is 30.3 Å². The zero-order chi connectivity index (χ0) is 29.4. The second-order valence-corrected chi connectivity index (χ2v) is 12.8. The molecule has 3 aromatic rings. The van der Waals surface area contributed by atoms with Gasteiger partial charge in [0.25, 0.3) is 0 Å². The van der Waals surface area contributed by atoms with Crippen LogP contribution in [0.2, 0.25) is 5.02 Å². The van der Waals surface area contributed by atoms with Crippen LogP contribution in [-0.4, -0.2) is 50.0 Å². The highest BCUT2D eigenvalue weighted by atomic mass is 35.5. The van der Waals surface area contributed by atoms with Crippen molar-refractivity contribution in [2.45, 2.75) is 57.2 Å². The van der Waals surface area contributed by atoms with E-state index < -0.39 is 34.3 Å². The maximum Gasteiger partial charge on any atom is 0.244 e. The fourth-order valence-electron chi connectivity index (χ4n) is 5.11. The van der Waals surface area contributed by atoms with Gasteiger partial charge in [0.05, 0.1) is 11.9 Å². The first kappa shape index (κ1) is 30.5. The Hall–Kier alpha value is -3.43. The van der Waals surface area contributed by atoms with E-state index in [0.717, 1.165) is 65.9 Å². The average Bonchev–Trinajstić information content (AvgIpc) is 2.95. The number of amides is 2. The van der Waals surface area contributed by atoms with Gasteiger partial charge in [0, 0.05) is 24.0 Å². The molecule has 41 heavy (non-hydrogen) atoms. The summed E-state index contributed by atoms with van der Waals surface area (Å²) in [6.45, 7) is -0.493. The molecule has 1 N–H and O–H groups in total. The number of hydrogen-bond acceptors (Lipinski definition) is 4. The number of benzene rings is 3. The molecule has 4 rings (SSSR count). The van der Waals surface area contributed by atoms with Gasteiger partial charge in [-0.05, 0) is 60.4 Å². The minimum absolute atomic E-state index is 0.0220. The minimum Gasteiger partial charge on any atom is -0.352 e. The van der Waals surface area contributed by atoms with Crippen LogP contribution in [-0.2, 0) is 32.6 Å². The highest BCUT2D eigenvalue weighted by Crippen LogP contribution is 2.23. The molecule has 1 aliphatic rings. The second-order valence-electron chi connectivity index (χ2n) is 10.4. The zero-order valence-electron chi connectivity index (χ0n) is 23.0. The van der Waals surface area contributed by atoms with Gasteiger partial charge in [-0.3, -0.25) is 13.9 Å². The summed E-state index contributed by atoms with van der Waals surface area (Å²) in [6, 6.07) is 20.4. The topological polar surface area (TPSA) is 86.8 Å². The van der Waals surface area contributed by atoms with Gasteiger partial charge in [-0.2, -0.15) is 0 Å². The first-order chi connectivity index (χ1) is 19.6. The summed E-state index contributed by atoms with van der Waals surface area (Å²) < 4.78 is 40.1. The minimum atomic E-state index is -3.92. The van der Waals surface area contributed by atoms with E-state index in [4.69, 9.17) is 11.6 Å². The lowest BCUT2D eigenvalue weighted by atomic mass is 9.94. The molecule has 1 atom stereocenters. The Bertz CT molecular complexity index is 1410. The number of carbonyl (C=O) groups excluding carboxylic acids is 2. The highest BCUT2D eigenvalue weighted by Gasteiger charge is 2.34. The molecule has 7 nitrogen and oxygen atoms in total. The highest BCUT2D eigenvalue weighted by molar-refractivity contribution is 7.92. The van der Waals surface area contributed by atoms with Crippen LogP contribution in [0.5, 0.6) is 0 Å². The van der Waals surface area contributed by atoms with Crippen molar-refractivity contribution in [3.05, 3.63) is 101 Å². The Morgan fingerprint density at radius 2 is 1.56 bits per heavy atom. The third-order valence-electron chi connectivity index (χ3n) is 7.28. The standard InChI is InChI=1S/C31H35ClFN3O4S/c1-41(39,40)36(28-18-16-26(33)17-19-28)22-30(37)35(21-24-12-14-25(32)15-13-24)29(20-23-8-4-2-5-9-23)31(38)34-27-10-6-3-7-11-27/h2,4-5,8-9,12-19,27,29H,3,6-7,10-11,20-22H2,1H3,(H,34,38)/t29-/m1/s1. The monoisotopic (exact) mass is 599 g/mol. The van der Waals surface area contributed by atoms with Crippen molar-refractivity contribution >= 4 is 39.1 Å². The molecule has 0 saturated heterocycles. The summed E-state index contributed by atoms with van der Waals surface area (Å²) in [7, 11) is -3.92. The quantitative estimate of drug-likeness (QED) is 0.323. The molecule has 0 heterocycles. The number of nitrogens with zero attached hydrogens (tertiary/aromatic N) is 2. The average molecular weight is 600 g/mol. The van der Waals surface area contributed by atoms with Crippen molar-refractivity contribution in [1.29, 1.82) is 0 Å². The molecule has 0 radical (unpaired) electrons. The number of halogens is 2. The lowest BCUT2D eigenvalue weighted by Crippen LogP contribution is -2.55. The predicted octanol–water partition coefficient (Wildman–Crippen LogP) is 5.33. The Labute approximate surface area is 246 Å². The normalized spacial score (nSPS) is 14.7. The van der Waals surface area contributed by atoms with Crippen molar-refractivity contribution in [2.24, 2.45) is 0 Å². The fourth-order valence-corrected chi connectivity index (χ4v) is 6.08. The van der Waals surface area contributed by atoms with Gasteiger partial charge in [0.15, 0.2) is 0 Å². The Morgan fingerprint density at radius 3 is 2.17 bits per heavy atom. The van der Waals surface area contributed by atoms with Crippen LogP contribution >= 0.6 is 11.6 Å². The molecule has 0 spiro atoms. The maximum atomic E-state index is 14.1. The number of sulfonamides is 1. The predicted molar refractivity (Wildman–Crippen MR) is 160 cm³/mol. The molecule has 1 saturated carbocycles. The molecule has 10 heteroatoms. The Balaban J connectivity index is 1.71. The lowest BCUT2D eigenvalue weighted by molar-refractivity contribution is -0.140. The van der Waals surface area contributed by atoms with Crippen LogP contribution < -0.4 is 9.62 Å². The van der Waals surface area contributed by atoms with Gasteiger partial charge in [0.2, 0.25) is 21.8 Å². The Morgan fingerprint density at radius 1 is 0.927 bits per heavy atom. The van der Waals surface area contributed by atoms with E-state index in [1.54, 1.807) is 24.3 Å². The lowest BCUT2D eigenvalue weighted by Gasteiger charge is -2.35. The molecule has 2 amide bonds. The van der Waals surface area contributed by atoms with Crippen LogP contribution in [0.15, 0.2) is 78.9 Å². The van der Waals surface area contributed by atoms with Gasteiger partial charge < -0.3 is 10.2 Å². The number of anilines is 1. The van der Waals surface area contributed by atoms with E-state index in [2.05, 4.69) is 5.32 Å². The number of rotatable bonds is 11. The van der Waals surface area contributed by atoms with Crippen LogP contribution in [0.1, 0.15) is 43.2 Å². The number of hydrogen-bond donors (Lipinski definition) is 1. The van der Waals surface area contributed by atoms with Crippen molar-refractivity contribution in [3.8, 4) is 0 Å². The molecule has 218 valence electrons. The first-order valence-electron chi connectivity index (χ1n) is 13.7. The number of carbonyl (C=O) groups is 2. The molecule has 3 aromatic carbocycles. The SMILES string of the molecule is CS(=O)(=O)N(CC(=O)N(Cc1ccc(Cl)cc1)[C@H](Cc1ccccc1)C(=O)NC1CCCCC1)c1ccc(F)cc1. The van der Waals surface area contributed by atoms with Crippen molar-refractivity contribution in [3.63, 3.8) is 0 Å². The van der Waals surface area contributed by atoms with Crippen LogP contribution in [0.4, 0.5) is 10.1 Å². The van der Waals surface area contributed by atoms with Gasteiger partial charge in [-0.25, -0.2) is 12.8 Å². The smallest absolute Gasteiger partial charge is 0.244 e. The molecular weight excluding hydrogens is 565 g/mol. The van der Waals surface area contributed by atoms with E-state index in [-0.39, 0.29) is 30.6 Å². The summed E-state index contributed by atoms with van der Waals surface area (Å²) in [5.74, 6) is -1.37. The van der Waals surface area contributed by atoms with Gasteiger partial charge >= 0.3 is 0 Å². The van der Waals surface area contributed by atoms with Crippen LogP contribution in [0.25, 0.3) is 0 Å². The second kappa shape index (κ2) is 14.0. The molecule has 0 aliphatic heterocycles. The molecule has 0 bridgehead atoms. The number of nitrogens with one attached hydrogen (secondary N) is 1. The van der Waals surface area contributed by atoms with Crippen molar-refractivity contribution in [2.75, 3.05) is 17.1 Å². The molecular formula is C31H35ClFN3O4S. The van der Waals surface area contributed by atoms with Gasteiger partial charge in [0.1, 0.15) is 18.4 Å². The van der Waals surface area contributed by atoms with Gasteiger partial charge in [-0.15, -0.1) is 0 Å². The zero-order valence-corrected chi connectivity index (χ0v) is 24.6. The third-order valence-corrected chi connectivity index (χ3v) is 8.68. The molecule has 0 unspecified atom stereocenters. The summed E-state index contributed by atoms with van der Waals surface area (Å²) in [4.78, 5) is 29.4. The summed E-state index contributed by atoms with van der Waals surface area (Å²) in [5, 5.41) is 3.69. The summed E-state index contributed by atoms with van der Waals surface area (Å²) in [5.41, 5.74) is 1.75. The maximum absolute atomic E-state index is 14.1. The van der Waals surface area contributed by atoms with E-state index >= 15 is 0 Å². The molecule has 1 aliphatic carbocycles. The molecule has 1 fully saturated rings. The van der Waals surface area contributed by atoms with Crippen molar-refractivity contribution < 1.29 is 22.4 Å². The van der Waals surface area contributed by atoms with E-state index in [9.17, 15) is 22.4 Å². The van der Waals surface area contributed by atoms with Crippen molar-refractivity contribution in [1.82, 2.24) is 10.2 Å². The van der Waals surface area contributed by atoms with Gasteiger partial charge in [-0.1, -0.05) is 73.3 Å². The molecule has 0 aromatic heterocycles. The fraction of sp³-hybridized carbons (Fsp3) is 0.355. The summed E-state index contributed by atoms with van der Waals surface area (Å²) in [6.07, 6.45) is 6.18. The first-order valence-corrected chi connectivity index (χ1v) is 15.9. The Kier molecular flexibility index (Phi) is 10.4. The van der Waals surface area contributed by atoms with Crippen LogP contribution in [0.3, 0.4) is 0 Å². The van der Waals surface area contributed by atoms with Crippen LogP contribution in [0, 0.1) is 5.82 Å². The summed E-state index contributed by atoms with van der Waals surface area (Å²) >= 11 is 6.09.